The Morgan fingerprint density at radius 2 is 1.72 bits per heavy atom. The van der Waals surface area contributed by atoms with Gasteiger partial charge < -0.3 is 14.8 Å². The zero-order chi connectivity index (χ0) is 21.6. The van der Waals surface area contributed by atoms with Crippen molar-refractivity contribution >= 4 is 15.9 Å². The van der Waals surface area contributed by atoms with Gasteiger partial charge in [-0.1, -0.05) is 13.0 Å². The molecule has 158 valence electrons. The Labute approximate surface area is 170 Å². The van der Waals surface area contributed by atoms with Crippen molar-refractivity contribution in [3.05, 3.63) is 53.8 Å². The van der Waals surface area contributed by atoms with Crippen molar-refractivity contribution in [3.8, 4) is 11.5 Å². The van der Waals surface area contributed by atoms with Gasteiger partial charge in [0.25, 0.3) is 0 Å². The second-order valence-corrected chi connectivity index (χ2v) is 8.23. The first-order valence-corrected chi connectivity index (χ1v) is 10.4. The lowest BCUT2D eigenvalue weighted by molar-refractivity contribution is -0.121. The average Bonchev–Trinajstić information content (AvgIpc) is 2.71. The molecule has 0 spiro atoms. The fraction of sp³-hybridized carbons (Fsp3) is 0.350. The van der Waals surface area contributed by atoms with Crippen LogP contribution in [0.15, 0.2) is 47.4 Å². The van der Waals surface area contributed by atoms with Crippen LogP contribution in [-0.2, 0) is 14.8 Å². The van der Waals surface area contributed by atoms with Gasteiger partial charge in [-0.15, -0.1) is 0 Å². The van der Waals surface area contributed by atoms with Gasteiger partial charge in [0.1, 0.15) is 5.82 Å². The van der Waals surface area contributed by atoms with Crippen molar-refractivity contribution in [2.24, 2.45) is 0 Å². The lowest BCUT2D eigenvalue weighted by Gasteiger charge is -2.22. The fourth-order valence-corrected chi connectivity index (χ4v) is 4.18. The van der Waals surface area contributed by atoms with Crippen molar-refractivity contribution in [1.29, 1.82) is 0 Å². The highest BCUT2D eigenvalue weighted by molar-refractivity contribution is 7.89. The normalized spacial score (nSPS) is 12.5. The number of methoxy groups -OCH3 is 2. The summed E-state index contributed by atoms with van der Waals surface area (Å²) in [6.45, 7) is 3.15. The van der Waals surface area contributed by atoms with Crippen LogP contribution in [0.5, 0.6) is 11.5 Å². The van der Waals surface area contributed by atoms with Crippen LogP contribution < -0.4 is 14.8 Å². The van der Waals surface area contributed by atoms with Crippen molar-refractivity contribution in [3.63, 3.8) is 0 Å². The van der Waals surface area contributed by atoms with Crippen LogP contribution in [0.4, 0.5) is 4.39 Å². The maximum absolute atomic E-state index is 13.1. The third-order valence-corrected chi connectivity index (χ3v) is 6.34. The molecule has 1 amide bonds. The maximum atomic E-state index is 13.1. The molecule has 29 heavy (non-hydrogen) atoms. The molecule has 2 aromatic carbocycles. The molecule has 9 heteroatoms. The molecule has 2 rings (SSSR count). The van der Waals surface area contributed by atoms with E-state index in [0.717, 1.165) is 22.0 Å². The Bertz CT molecular complexity index is 948. The molecule has 0 heterocycles. The van der Waals surface area contributed by atoms with Gasteiger partial charge in [0.05, 0.1) is 31.7 Å². The topological polar surface area (TPSA) is 84.9 Å². The van der Waals surface area contributed by atoms with Crippen LogP contribution in [0.3, 0.4) is 0 Å². The van der Waals surface area contributed by atoms with Crippen molar-refractivity contribution in [1.82, 2.24) is 9.62 Å². The predicted octanol–water partition coefficient (Wildman–Crippen LogP) is 2.73. The zero-order valence-corrected chi connectivity index (χ0v) is 17.6. The second kappa shape index (κ2) is 9.71. The van der Waals surface area contributed by atoms with Crippen LogP contribution >= 0.6 is 0 Å². The summed E-state index contributed by atoms with van der Waals surface area (Å²) in [7, 11) is -0.864. The number of hydrogen-bond acceptors (Lipinski definition) is 5. The fourth-order valence-electron chi connectivity index (χ4n) is 2.78. The molecule has 0 aromatic heterocycles. The monoisotopic (exact) mass is 424 g/mol. The zero-order valence-electron chi connectivity index (χ0n) is 16.8. The van der Waals surface area contributed by atoms with E-state index < -0.39 is 21.7 Å². The van der Waals surface area contributed by atoms with E-state index in [1.165, 1.54) is 26.4 Å². The predicted molar refractivity (Wildman–Crippen MR) is 107 cm³/mol. The van der Waals surface area contributed by atoms with Crippen LogP contribution in [0.2, 0.25) is 0 Å². The van der Waals surface area contributed by atoms with Gasteiger partial charge >= 0.3 is 0 Å². The van der Waals surface area contributed by atoms with Crippen LogP contribution in [0.25, 0.3) is 0 Å². The van der Waals surface area contributed by atoms with Crippen LogP contribution in [0, 0.1) is 5.82 Å². The Morgan fingerprint density at radius 3 is 2.28 bits per heavy atom. The molecule has 1 N–H and O–H groups in total. The molecular weight excluding hydrogens is 399 g/mol. The largest absolute Gasteiger partial charge is 0.493 e. The highest BCUT2D eigenvalue weighted by Crippen LogP contribution is 2.29. The van der Waals surface area contributed by atoms with Gasteiger partial charge in [-0.25, -0.2) is 12.8 Å². The Hall–Kier alpha value is -2.65. The lowest BCUT2D eigenvalue weighted by Crippen LogP contribution is -2.41. The highest BCUT2D eigenvalue weighted by atomic mass is 32.2. The van der Waals surface area contributed by atoms with E-state index in [4.69, 9.17) is 9.47 Å². The van der Waals surface area contributed by atoms with Gasteiger partial charge in [-0.3, -0.25) is 4.79 Å². The Balaban J connectivity index is 2.10. The van der Waals surface area contributed by atoms with Crippen molar-refractivity contribution in [2.45, 2.75) is 24.8 Å². The number of nitrogens with zero attached hydrogens (tertiary/aromatic N) is 1. The molecule has 0 fully saturated rings. The minimum atomic E-state index is -3.91. The minimum Gasteiger partial charge on any atom is -0.493 e. The SMILES string of the molecule is CCN(CC(=O)N[C@H](C)c1ccc(OC)c(OC)c1)S(=O)(=O)c1ccc(F)cc1. The second-order valence-electron chi connectivity index (χ2n) is 6.29. The lowest BCUT2D eigenvalue weighted by atomic mass is 10.1. The standard InChI is InChI=1S/C20H25FN2O5S/c1-5-23(29(25,26)17-9-7-16(21)8-10-17)13-20(24)22-14(2)15-6-11-18(27-3)19(12-15)28-4/h6-12,14H,5,13H2,1-4H3,(H,22,24)/t14-/m1/s1. The quantitative estimate of drug-likeness (QED) is 0.669. The van der Waals surface area contributed by atoms with E-state index in [9.17, 15) is 17.6 Å². The van der Waals surface area contributed by atoms with E-state index in [-0.39, 0.29) is 24.0 Å². The summed E-state index contributed by atoms with van der Waals surface area (Å²) in [5.41, 5.74) is 0.778. The molecule has 0 saturated carbocycles. The Kier molecular flexibility index (Phi) is 7.58. The van der Waals surface area contributed by atoms with Crippen molar-refractivity contribution < 1.29 is 27.1 Å². The number of carbonyl (C=O) groups excluding carboxylic acids is 1. The molecule has 0 aliphatic carbocycles. The summed E-state index contributed by atoms with van der Waals surface area (Å²) >= 11 is 0. The van der Waals surface area contributed by atoms with Gasteiger partial charge in [0, 0.05) is 6.54 Å². The average molecular weight is 424 g/mol. The molecule has 0 aliphatic rings. The van der Waals surface area contributed by atoms with Gasteiger partial charge in [-0.05, 0) is 48.9 Å². The van der Waals surface area contributed by atoms with Crippen molar-refractivity contribution in [2.75, 3.05) is 27.3 Å². The molecule has 0 aliphatic heterocycles. The number of amides is 1. The van der Waals surface area contributed by atoms with Crippen LogP contribution in [0.1, 0.15) is 25.5 Å². The third-order valence-electron chi connectivity index (χ3n) is 4.41. The number of nitrogens with one attached hydrogen (secondary N) is 1. The summed E-state index contributed by atoms with van der Waals surface area (Å²) in [5, 5.41) is 2.78. The molecular formula is C20H25FN2O5S. The first-order valence-electron chi connectivity index (χ1n) is 9.00. The van der Waals surface area contributed by atoms with E-state index in [0.29, 0.717) is 11.5 Å². The summed E-state index contributed by atoms with van der Waals surface area (Å²) in [6.07, 6.45) is 0. The molecule has 1 atom stereocenters. The van der Waals surface area contributed by atoms with E-state index >= 15 is 0 Å². The molecule has 0 radical (unpaired) electrons. The number of sulfonamides is 1. The molecule has 2 aromatic rings. The van der Waals surface area contributed by atoms with Gasteiger partial charge in [-0.2, -0.15) is 4.31 Å². The van der Waals surface area contributed by atoms with E-state index in [2.05, 4.69) is 5.32 Å². The number of likely N-dealkylation sites (N-methyl/N-ethyl adjacent to an activating group) is 1. The van der Waals surface area contributed by atoms with Gasteiger partial charge in [0.15, 0.2) is 11.5 Å². The maximum Gasteiger partial charge on any atom is 0.243 e. The highest BCUT2D eigenvalue weighted by Gasteiger charge is 2.26. The number of ether oxygens (including phenoxy) is 2. The summed E-state index contributed by atoms with van der Waals surface area (Å²) in [6, 6.07) is 9.38. The molecule has 0 bridgehead atoms. The number of carbonyl (C=O) groups is 1. The number of halogens is 1. The van der Waals surface area contributed by atoms with E-state index in [1.54, 1.807) is 32.0 Å². The third kappa shape index (κ3) is 5.45. The smallest absolute Gasteiger partial charge is 0.243 e. The minimum absolute atomic E-state index is 0.0681. The van der Waals surface area contributed by atoms with Crippen LogP contribution in [-0.4, -0.2) is 45.9 Å². The summed E-state index contributed by atoms with van der Waals surface area (Å²) < 4.78 is 50.0. The number of rotatable bonds is 9. The number of hydrogen-bond donors (Lipinski definition) is 1. The van der Waals surface area contributed by atoms with E-state index in [1.807, 2.05) is 0 Å². The summed E-state index contributed by atoms with van der Waals surface area (Å²) in [5.74, 6) is 0.103. The molecule has 0 unspecified atom stereocenters. The number of benzene rings is 2. The molecule has 0 saturated heterocycles. The first kappa shape index (κ1) is 22.6. The summed E-state index contributed by atoms with van der Waals surface area (Å²) in [4.78, 5) is 12.4. The first-order chi connectivity index (χ1) is 13.7. The molecule has 7 nitrogen and oxygen atoms in total. The Morgan fingerprint density at radius 1 is 1.10 bits per heavy atom. The van der Waals surface area contributed by atoms with Gasteiger partial charge in [0.2, 0.25) is 15.9 Å².